The normalized spacial score (nSPS) is 20.4. The fourth-order valence-electron chi connectivity index (χ4n) is 3.31. The molecule has 9 heteroatoms. The molecule has 27 heavy (non-hydrogen) atoms. The van der Waals surface area contributed by atoms with Crippen LogP contribution in [0.25, 0.3) is 11.0 Å². The van der Waals surface area contributed by atoms with Crippen LogP contribution in [0.15, 0.2) is 24.3 Å². The van der Waals surface area contributed by atoms with Crippen LogP contribution in [-0.2, 0) is 26.1 Å². The second-order valence-electron chi connectivity index (χ2n) is 7.08. The smallest absolute Gasteiger partial charge is 0.222 e. The average molecular weight is 394 g/mol. The number of benzene rings is 1. The summed E-state index contributed by atoms with van der Waals surface area (Å²) in [6.07, 6.45) is 0.296. The van der Waals surface area contributed by atoms with E-state index in [1.807, 2.05) is 35.8 Å². The number of sulfonamides is 1. The van der Waals surface area contributed by atoms with Crippen LogP contribution < -0.4 is 5.32 Å². The molecule has 0 bridgehead atoms. The van der Waals surface area contributed by atoms with E-state index in [0.29, 0.717) is 26.2 Å². The first kappa shape index (κ1) is 19.8. The molecule has 1 amide bonds. The Kier molecular flexibility index (Phi) is 5.83. The molecule has 0 spiro atoms. The van der Waals surface area contributed by atoms with Gasteiger partial charge in [0.25, 0.3) is 0 Å². The van der Waals surface area contributed by atoms with E-state index in [-0.39, 0.29) is 23.6 Å². The summed E-state index contributed by atoms with van der Waals surface area (Å²) in [6, 6.07) is 7.54. The van der Waals surface area contributed by atoms with Gasteiger partial charge >= 0.3 is 0 Å². The lowest BCUT2D eigenvalue weighted by atomic mass is 10.1. The van der Waals surface area contributed by atoms with E-state index in [4.69, 9.17) is 4.74 Å². The Bertz CT molecular complexity index is 923. The number of hydrogen-bond acceptors (Lipinski definition) is 5. The first-order valence-corrected chi connectivity index (χ1v) is 10.6. The molecule has 0 radical (unpaired) electrons. The minimum Gasteiger partial charge on any atom is -0.379 e. The van der Waals surface area contributed by atoms with Gasteiger partial charge in [-0.05, 0) is 19.1 Å². The molecule has 148 valence electrons. The fraction of sp³-hybridized carbons (Fsp3) is 0.556. The molecule has 2 atom stereocenters. The highest BCUT2D eigenvalue weighted by Gasteiger charge is 2.34. The quantitative estimate of drug-likeness (QED) is 0.748. The van der Waals surface area contributed by atoms with Crippen LogP contribution in [0.1, 0.15) is 12.2 Å². The molecule has 1 aromatic carbocycles. The highest BCUT2D eigenvalue weighted by atomic mass is 32.2. The van der Waals surface area contributed by atoms with E-state index in [1.165, 1.54) is 18.4 Å². The summed E-state index contributed by atoms with van der Waals surface area (Å²) in [5.74, 6) is 0.478. The minimum absolute atomic E-state index is 0.0315. The summed E-state index contributed by atoms with van der Waals surface area (Å²) in [5.41, 5.74) is 1.91. The predicted octanol–water partition coefficient (Wildman–Crippen LogP) is 0.757. The molecular formula is C18H26N4O4S. The summed E-state index contributed by atoms with van der Waals surface area (Å²) in [5, 5.41) is 2.94. The average Bonchev–Trinajstić information content (AvgIpc) is 3.15. The fourth-order valence-corrected chi connectivity index (χ4v) is 4.48. The summed E-state index contributed by atoms with van der Waals surface area (Å²) in [4.78, 5) is 16.9. The van der Waals surface area contributed by atoms with Crippen LogP contribution in [-0.4, -0.2) is 67.3 Å². The Morgan fingerprint density at radius 3 is 2.81 bits per heavy atom. The van der Waals surface area contributed by atoms with Gasteiger partial charge in [0, 0.05) is 33.0 Å². The first-order valence-electron chi connectivity index (χ1n) is 8.97. The van der Waals surface area contributed by atoms with Crippen molar-refractivity contribution in [2.45, 2.75) is 25.9 Å². The number of aromatic nitrogens is 2. The molecule has 0 aliphatic carbocycles. The predicted molar refractivity (Wildman–Crippen MR) is 103 cm³/mol. The zero-order chi connectivity index (χ0) is 19.6. The van der Waals surface area contributed by atoms with Crippen molar-refractivity contribution in [3.8, 4) is 0 Å². The van der Waals surface area contributed by atoms with Gasteiger partial charge in [-0.3, -0.25) is 4.79 Å². The van der Waals surface area contributed by atoms with E-state index in [2.05, 4.69) is 10.3 Å². The van der Waals surface area contributed by atoms with E-state index < -0.39 is 10.0 Å². The molecular weight excluding hydrogens is 368 g/mol. The van der Waals surface area contributed by atoms with Gasteiger partial charge in [0.05, 0.1) is 36.0 Å². The second-order valence-corrected chi connectivity index (χ2v) is 9.31. The number of fused-ring (bicyclic) bond motifs is 1. The van der Waals surface area contributed by atoms with Gasteiger partial charge in [0.1, 0.15) is 5.82 Å². The number of aryl methyl sites for hydroxylation is 2. The number of para-hydroxylation sites is 2. The summed E-state index contributed by atoms with van der Waals surface area (Å²) >= 11 is 0. The lowest BCUT2D eigenvalue weighted by molar-refractivity contribution is -0.122. The summed E-state index contributed by atoms with van der Waals surface area (Å²) < 4.78 is 32.9. The van der Waals surface area contributed by atoms with Crippen molar-refractivity contribution < 1.29 is 17.9 Å². The Balaban J connectivity index is 1.59. The molecule has 1 fully saturated rings. The SMILES string of the molecule is Cc1nc2ccccc2n1CCC(=O)N[C@H]1COC[C@H]1CS(=O)(=O)N(C)C. The van der Waals surface area contributed by atoms with Gasteiger partial charge in [-0.25, -0.2) is 17.7 Å². The summed E-state index contributed by atoms with van der Waals surface area (Å²) in [6.45, 7) is 3.12. The highest BCUT2D eigenvalue weighted by Crippen LogP contribution is 2.18. The Morgan fingerprint density at radius 2 is 2.07 bits per heavy atom. The van der Waals surface area contributed by atoms with E-state index in [0.717, 1.165) is 16.9 Å². The van der Waals surface area contributed by atoms with Gasteiger partial charge in [-0.1, -0.05) is 12.1 Å². The number of carbonyl (C=O) groups is 1. The highest BCUT2D eigenvalue weighted by molar-refractivity contribution is 7.89. The molecule has 8 nitrogen and oxygen atoms in total. The number of imidazole rings is 1. The Morgan fingerprint density at radius 1 is 1.33 bits per heavy atom. The van der Waals surface area contributed by atoms with E-state index >= 15 is 0 Å². The molecule has 0 saturated carbocycles. The van der Waals surface area contributed by atoms with Crippen molar-refractivity contribution in [2.24, 2.45) is 5.92 Å². The number of hydrogen-bond donors (Lipinski definition) is 1. The molecule has 1 aliphatic heterocycles. The van der Waals surface area contributed by atoms with Crippen LogP contribution in [0, 0.1) is 12.8 Å². The van der Waals surface area contributed by atoms with Gasteiger partial charge in [0.15, 0.2) is 0 Å². The lowest BCUT2D eigenvalue weighted by Crippen LogP contribution is -2.43. The molecule has 1 N–H and O–H groups in total. The number of nitrogens with one attached hydrogen (secondary N) is 1. The van der Waals surface area contributed by atoms with Crippen molar-refractivity contribution in [1.29, 1.82) is 0 Å². The number of carbonyl (C=O) groups excluding carboxylic acids is 1. The monoisotopic (exact) mass is 394 g/mol. The maximum atomic E-state index is 12.4. The minimum atomic E-state index is -3.34. The number of ether oxygens (including phenoxy) is 1. The van der Waals surface area contributed by atoms with Crippen molar-refractivity contribution in [3.05, 3.63) is 30.1 Å². The largest absolute Gasteiger partial charge is 0.379 e. The van der Waals surface area contributed by atoms with Gasteiger partial charge in [-0.2, -0.15) is 0 Å². The molecule has 2 aromatic rings. The number of nitrogens with zero attached hydrogens (tertiary/aromatic N) is 3. The van der Waals surface area contributed by atoms with Crippen LogP contribution >= 0.6 is 0 Å². The molecule has 1 saturated heterocycles. The lowest BCUT2D eigenvalue weighted by Gasteiger charge is -2.21. The zero-order valence-corrected chi connectivity index (χ0v) is 16.7. The van der Waals surface area contributed by atoms with Crippen molar-refractivity contribution in [1.82, 2.24) is 19.2 Å². The van der Waals surface area contributed by atoms with Crippen LogP contribution in [0.5, 0.6) is 0 Å². The van der Waals surface area contributed by atoms with E-state index in [9.17, 15) is 13.2 Å². The second kappa shape index (κ2) is 7.95. The molecule has 1 aliphatic rings. The van der Waals surface area contributed by atoms with Crippen LogP contribution in [0.3, 0.4) is 0 Å². The number of amides is 1. The third-order valence-electron chi connectivity index (χ3n) is 4.93. The van der Waals surface area contributed by atoms with Gasteiger partial charge < -0.3 is 14.6 Å². The Hall–Kier alpha value is -1.97. The molecule has 1 aromatic heterocycles. The third kappa shape index (κ3) is 4.48. The molecule has 0 unspecified atom stereocenters. The van der Waals surface area contributed by atoms with Crippen LogP contribution in [0.4, 0.5) is 0 Å². The van der Waals surface area contributed by atoms with Crippen molar-refractivity contribution in [2.75, 3.05) is 33.1 Å². The van der Waals surface area contributed by atoms with Gasteiger partial charge in [0.2, 0.25) is 15.9 Å². The van der Waals surface area contributed by atoms with Gasteiger partial charge in [-0.15, -0.1) is 0 Å². The first-order chi connectivity index (χ1) is 12.8. The molecule has 2 heterocycles. The zero-order valence-electron chi connectivity index (χ0n) is 15.9. The third-order valence-corrected chi connectivity index (χ3v) is 6.90. The topological polar surface area (TPSA) is 93.5 Å². The molecule has 3 rings (SSSR count). The summed E-state index contributed by atoms with van der Waals surface area (Å²) in [7, 11) is -0.318. The van der Waals surface area contributed by atoms with Crippen molar-refractivity contribution in [3.63, 3.8) is 0 Å². The Labute approximate surface area is 159 Å². The van der Waals surface area contributed by atoms with Crippen LogP contribution in [0.2, 0.25) is 0 Å². The standard InChI is InChI=1S/C18H26N4O4S/c1-13-19-15-6-4-5-7-17(15)22(13)9-8-18(23)20-16-11-26-10-14(16)12-27(24,25)21(2)3/h4-7,14,16H,8-12H2,1-3H3,(H,20,23)/t14-,16-/m0/s1. The van der Waals surface area contributed by atoms with E-state index in [1.54, 1.807) is 0 Å². The maximum Gasteiger partial charge on any atom is 0.222 e. The maximum absolute atomic E-state index is 12.4. The van der Waals surface area contributed by atoms with Crippen molar-refractivity contribution >= 4 is 27.0 Å². The number of rotatable bonds is 7.